The van der Waals surface area contributed by atoms with Gasteiger partial charge in [0, 0.05) is 36.6 Å². The first-order valence-electron chi connectivity index (χ1n) is 7.41. The summed E-state index contributed by atoms with van der Waals surface area (Å²) in [5.74, 6) is -0.470. The predicted octanol–water partition coefficient (Wildman–Crippen LogP) is 2.08. The van der Waals surface area contributed by atoms with Crippen LogP contribution in [0, 0.1) is 0 Å². The number of benzene rings is 1. The molecule has 0 fully saturated rings. The number of nitrogens with zero attached hydrogens (tertiary/aromatic N) is 2. The Morgan fingerprint density at radius 3 is 2.54 bits per heavy atom. The normalized spacial score (nSPS) is 10.5. The molecule has 2 rings (SSSR count). The van der Waals surface area contributed by atoms with Gasteiger partial charge in [-0.1, -0.05) is 23.7 Å². The molecule has 0 radical (unpaired) electrons. The highest BCUT2D eigenvalue weighted by Crippen LogP contribution is 2.10. The molecular weight excluding hydrogens is 328 g/mol. The molecule has 24 heavy (non-hydrogen) atoms. The first-order valence-corrected chi connectivity index (χ1v) is 7.78. The molecule has 1 heterocycles. The van der Waals surface area contributed by atoms with Crippen LogP contribution >= 0.6 is 11.6 Å². The summed E-state index contributed by atoms with van der Waals surface area (Å²) in [4.78, 5) is 31.1. The first kappa shape index (κ1) is 17.6. The third-order valence-electron chi connectivity index (χ3n) is 3.03. The minimum absolute atomic E-state index is 0.190. The predicted molar refractivity (Wildman–Crippen MR) is 92.5 cm³/mol. The highest BCUT2D eigenvalue weighted by molar-refractivity contribution is 6.30. The van der Waals surface area contributed by atoms with Crippen LogP contribution in [-0.2, 0) is 4.79 Å². The van der Waals surface area contributed by atoms with Crippen LogP contribution in [0.3, 0.4) is 0 Å². The lowest BCUT2D eigenvalue weighted by Crippen LogP contribution is -2.29. The molecule has 0 spiro atoms. The van der Waals surface area contributed by atoms with Gasteiger partial charge in [0.25, 0.3) is 5.91 Å². The summed E-state index contributed by atoms with van der Waals surface area (Å²) in [6.07, 6.45) is 8.15. The molecule has 2 aromatic rings. The van der Waals surface area contributed by atoms with Crippen LogP contribution in [0.25, 0.3) is 6.08 Å². The lowest BCUT2D eigenvalue weighted by atomic mass is 10.2. The second-order valence-corrected chi connectivity index (χ2v) is 5.31. The van der Waals surface area contributed by atoms with Crippen molar-refractivity contribution in [2.45, 2.75) is 6.42 Å². The average molecular weight is 345 g/mol. The Kier molecular flexibility index (Phi) is 6.91. The van der Waals surface area contributed by atoms with Gasteiger partial charge in [0.1, 0.15) is 5.69 Å². The third kappa shape index (κ3) is 6.18. The highest BCUT2D eigenvalue weighted by atomic mass is 35.5. The van der Waals surface area contributed by atoms with Gasteiger partial charge in [0.15, 0.2) is 0 Å². The van der Waals surface area contributed by atoms with Crippen molar-refractivity contribution in [3.8, 4) is 0 Å². The molecule has 0 aliphatic heterocycles. The number of rotatable bonds is 7. The smallest absolute Gasteiger partial charge is 0.271 e. The fraction of sp³-hybridized carbons (Fsp3) is 0.176. The first-order chi connectivity index (χ1) is 11.6. The molecule has 0 bridgehead atoms. The Bertz CT molecular complexity index is 702. The lowest BCUT2D eigenvalue weighted by molar-refractivity contribution is -0.116. The molecule has 124 valence electrons. The summed E-state index contributed by atoms with van der Waals surface area (Å²) in [6, 6.07) is 7.18. The number of nitrogens with one attached hydrogen (secondary N) is 2. The SMILES string of the molecule is O=C(/C=C/c1ccc(Cl)cc1)NCCCNC(=O)c1cnccn1. The molecule has 2 amide bonds. The molecule has 0 aliphatic rings. The van der Waals surface area contributed by atoms with E-state index < -0.39 is 0 Å². The quantitative estimate of drug-likeness (QED) is 0.595. The maximum Gasteiger partial charge on any atom is 0.271 e. The molecule has 2 N–H and O–H groups in total. The summed E-state index contributed by atoms with van der Waals surface area (Å²) in [7, 11) is 0. The van der Waals surface area contributed by atoms with Crippen LogP contribution < -0.4 is 10.6 Å². The Balaban J connectivity index is 1.62. The van der Waals surface area contributed by atoms with Crippen molar-refractivity contribution in [2.24, 2.45) is 0 Å². The van der Waals surface area contributed by atoms with Gasteiger partial charge in [0.05, 0.1) is 6.20 Å². The van der Waals surface area contributed by atoms with Crippen molar-refractivity contribution in [1.82, 2.24) is 20.6 Å². The van der Waals surface area contributed by atoms with Crippen LogP contribution in [0.1, 0.15) is 22.5 Å². The Morgan fingerprint density at radius 1 is 1.08 bits per heavy atom. The number of halogens is 1. The van der Waals surface area contributed by atoms with E-state index in [-0.39, 0.29) is 17.5 Å². The van der Waals surface area contributed by atoms with Crippen molar-refractivity contribution in [2.75, 3.05) is 13.1 Å². The van der Waals surface area contributed by atoms with Gasteiger partial charge in [0.2, 0.25) is 5.91 Å². The van der Waals surface area contributed by atoms with Crippen LogP contribution in [0.2, 0.25) is 5.02 Å². The van der Waals surface area contributed by atoms with Crippen LogP contribution in [-0.4, -0.2) is 34.9 Å². The Morgan fingerprint density at radius 2 is 1.83 bits per heavy atom. The standard InChI is InChI=1S/C17H17ClN4O2/c18-14-5-2-13(3-6-14)4-7-16(23)21-8-1-9-22-17(24)15-12-19-10-11-20-15/h2-7,10-12H,1,8-9H2,(H,21,23)(H,22,24)/b7-4+. The number of carbonyl (C=O) groups is 2. The van der Waals surface area contributed by atoms with Crippen molar-refractivity contribution in [3.63, 3.8) is 0 Å². The Labute approximate surface area is 145 Å². The van der Waals surface area contributed by atoms with Gasteiger partial charge in [-0.05, 0) is 30.2 Å². The number of hydrogen-bond donors (Lipinski definition) is 2. The van der Waals surface area contributed by atoms with E-state index in [1.165, 1.54) is 24.7 Å². The minimum atomic E-state index is -0.280. The van der Waals surface area contributed by atoms with Gasteiger partial charge in [-0.2, -0.15) is 0 Å². The molecule has 0 unspecified atom stereocenters. The van der Waals surface area contributed by atoms with E-state index in [0.29, 0.717) is 24.5 Å². The third-order valence-corrected chi connectivity index (χ3v) is 3.28. The molecule has 0 aliphatic carbocycles. The Hall–Kier alpha value is -2.73. The lowest BCUT2D eigenvalue weighted by Gasteiger charge is -2.05. The van der Waals surface area contributed by atoms with E-state index in [0.717, 1.165) is 5.56 Å². The zero-order valence-corrected chi connectivity index (χ0v) is 13.7. The van der Waals surface area contributed by atoms with Crippen molar-refractivity contribution < 1.29 is 9.59 Å². The van der Waals surface area contributed by atoms with Crippen molar-refractivity contribution in [3.05, 3.63) is 65.2 Å². The zero-order chi connectivity index (χ0) is 17.2. The van der Waals surface area contributed by atoms with Crippen LogP contribution in [0.5, 0.6) is 0 Å². The molecule has 1 aromatic heterocycles. The molecule has 0 saturated carbocycles. The van der Waals surface area contributed by atoms with E-state index in [4.69, 9.17) is 11.6 Å². The highest BCUT2D eigenvalue weighted by Gasteiger charge is 2.05. The topological polar surface area (TPSA) is 84.0 Å². The van der Waals surface area contributed by atoms with Gasteiger partial charge < -0.3 is 10.6 Å². The molecule has 0 saturated heterocycles. The van der Waals surface area contributed by atoms with Gasteiger partial charge in [-0.15, -0.1) is 0 Å². The maximum absolute atomic E-state index is 11.7. The second-order valence-electron chi connectivity index (χ2n) is 4.88. The van der Waals surface area contributed by atoms with Crippen molar-refractivity contribution >= 4 is 29.5 Å². The van der Waals surface area contributed by atoms with Gasteiger partial charge >= 0.3 is 0 Å². The monoisotopic (exact) mass is 344 g/mol. The molecule has 1 aromatic carbocycles. The number of hydrogen-bond acceptors (Lipinski definition) is 4. The summed E-state index contributed by atoms with van der Waals surface area (Å²) < 4.78 is 0. The van der Waals surface area contributed by atoms with E-state index in [9.17, 15) is 9.59 Å². The van der Waals surface area contributed by atoms with E-state index in [2.05, 4.69) is 20.6 Å². The molecule has 6 nitrogen and oxygen atoms in total. The van der Waals surface area contributed by atoms with Crippen molar-refractivity contribution in [1.29, 1.82) is 0 Å². The summed E-state index contributed by atoms with van der Waals surface area (Å²) >= 11 is 5.79. The summed E-state index contributed by atoms with van der Waals surface area (Å²) in [5.41, 5.74) is 1.17. The number of carbonyl (C=O) groups excluding carboxylic acids is 2. The minimum Gasteiger partial charge on any atom is -0.352 e. The molecule has 0 atom stereocenters. The van der Waals surface area contributed by atoms with Gasteiger partial charge in [-0.3, -0.25) is 14.6 Å². The summed E-state index contributed by atoms with van der Waals surface area (Å²) in [6.45, 7) is 0.904. The van der Waals surface area contributed by atoms with Crippen LogP contribution in [0.4, 0.5) is 0 Å². The second kappa shape index (κ2) is 9.42. The van der Waals surface area contributed by atoms with Crippen LogP contribution in [0.15, 0.2) is 48.9 Å². The fourth-order valence-electron chi connectivity index (χ4n) is 1.81. The average Bonchev–Trinajstić information content (AvgIpc) is 2.61. The van der Waals surface area contributed by atoms with E-state index in [1.807, 2.05) is 12.1 Å². The fourth-order valence-corrected chi connectivity index (χ4v) is 1.94. The van der Waals surface area contributed by atoms with Gasteiger partial charge in [-0.25, -0.2) is 4.98 Å². The largest absolute Gasteiger partial charge is 0.352 e. The molecular formula is C17H17ClN4O2. The molecule has 7 heteroatoms. The summed E-state index contributed by atoms with van der Waals surface area (Å²) in [5, 5.41) is 6.11. The maximum atomic E-state index is 11.7. The number of amides is 2. The van der Waals surface area contributed by atoms with E-state index >= 15 is 0 Å². The zero-order valence-electron chi connectivity index (χ0n) is 12.9. The number of aromatic nitrogens is 2. The van der Waals surface area contributed by atoms with E-state index in [1.54, 1.807) is 18.2 Å².